The van der Waals surface area contributed by atoms with Crippen molar-refractivity contribution in [3.05, 3.63) is 29.8 Å². The Balaban J connectivity index is 2.67. The van der Waals surface area contributed by atoms with Crippen LogP contribution in [0.2, 0.25) is 0 Å². The van der Waals surface area contributed by atoms with Crippen LogP contribution in [0.5, 0.6) is 0 Å². The fraction of sp³-hybridized carbons (Fsp3) is 0.429. The van der Waals surface area contributed by atoms with Crippen LogP contribution in [0.15, 0.2) is 24.3 Å². The molecule has 110 valence electrons. The zero-order valence-electron chi connectivity index (χ0n) is 11.9. The highest BCUT2D eigenvalue weighted by molar-refractivity contribution is 5.95. The summed E-state index contributed by atoms with van der Waals surface area (Å²) in [6.07, 6.45) is -0.426. The maximum Gasteiger partial charge on any atom is 0.306 e. The van der Waals surface area contributed by atoms with Gasteiger partial charge in [0.2, 0.25) is 0 Å². The van der Waals surface area contributed by atoms with E-state index in [1.807, 2.05) is 25.1 Å². The lowest BCUT2D eigenvalue weighted by Crippen LogP contribution is -2.42. The van der Waals surface area contributed by atoms with Gasteiger partial charge in [0.25, 0.3) is 5.91 Å². The van der Waals surface area contributed by atoms with Crippen molar-refractivity contribution in [2.75, 3.05) is 25.5 Å². The van der Waals surface area contributed by atoms with E-state index >= 15 is 0 Å². The highest BCUT2D eigenvalue weighted by Crippen LogP contribution is 2.14. The molecular weight excluding hydrogens is 260 g/mol. The molecule has 1 amide bonds. The fourth-order valence-corrected chi connectivity index (χ4v) is 1.69. The number of benzene rings is 1. The molecule has 0 aliphatic rings. The zero-order valence-corrected chi connectivity index (χ0v) is 11.9. The molecule has 1 aromatic carbocycles. The number of aliphatic hydroxyl groups is 1. The third-order valence-electron chi connectivity index (χ3n) is 2.79. The monoisotopic (exact) mass is 280 g/mol. The van der Waals surface area contributed by atoms with Gasteiger partial charge in [-0.25, -0.2) is 0 Å². The molecule has 0 fully saturated rings. The summed E-state index contributed by atoms with van der Waals surface area (Å²) in [7, 11) is 3.74. The number of carbonyl (C=O) groups is 2. The van der Waals surface area contributed by atoms with Gasteiger partial charge in [-0.1, -0.05) is 6.07 Å². The molecule has 0 radical (unpaired) electrons. The molecule has 6 heteroatoms. The van der Waals surface area contributed by atoms with Crippen LogP contribution in [0.1, 0.15) is 23.7 Å². The van der Waals surface area contributed by atoms with Gasteiger partial charge in [0.1, 0.15) is 0 Å². The quantitative estimate of drug-likeness (QED) is 0.714. The maximum absolute atomic E-state index is 12.0. The van der Waals surface area contributed by atoms with Gasteiger partial charge < -0.3 is 20.4 Å². The molecule has 1 unspecified atom stereocenters. The van der Waals surface area contributed by atoms with Gasteiger partial charge in [-0.05, 0) is 25.1 Å². The molecule has 3 N–H and O–H groups in total. The maximum atomic E-state index is 12.0. The number of hydrogen-bond donors (Lipinski definition) is 3. The van der Waals surface area contributed by atoms with Gasteiger partial charge in [0, 0.05) is 31.9 Å². The van der Waals surface area contributed by atoms with Crippen LogP contribution in [0.25, 0.3) is 0 Å². The summed E-state index contributed by atoms with van der Waals surface area (Å²) in [4.78, 5) is 24.4. The SMILES string of the molecule is CN(C)c1cccc(C(=O)NCC(C)(O)CC(=O)O)c1. The standard InChI is InChI=1S/C14H20N2O4/c1-14(20,8-12(17)18)9-15-13(19)10-5-4-6-11(7-10)16(2)3/h4-7,20H,8-9H2,1-3H3,(H,15,19)(H,17,18). The average molecular weight is 280 g/mol. The molecule has 1 rings (SSSR count). The third-order valence-corrected chi connectivity index (χ3v) is 2.79. The van der Waals surface area contributed by atoms with Gasteiger partial charge >= 0.3 is 5.97 Å². The van der Waals surface area contributed by atoms with Gasteiger partial charge in [-0.2, -0.15) is 0 Å². The zero-order chi connectivity index (χ0) is 15.3. The second-order valence-electron chi connectivity index (χ2n) is 5.19. The summed E-state index contributed by atoms with van der Waals surface area (Å²) >= 11 is 0. The van der Waals surface area contributed by atoms with E-state index in [4.69, 9.17) is 5.11 Å². The smallest absolute Gasteiger partial charge is 0.306 e. The lowest BCUT2D eigenvalue weighted by Gasteiger charge is -2.21. The lowest BCUT2D eigenvalue weighted by atomic mass is 10.0. The Morgan fingerprint density at radius 1 is 1.35 bits per heavy atom. The van der Waals surface area contributed by atoms with Crippen molar-refractivity contribution in [2.24, 2.45) is 0 Å². The van der Waals surface area contributed by atoms with Crippen molar-refractivity contribution >= 4 is 17.6 Å². The first-order valence-electron chi connectivity index (χ1n) is 6.21. The summed E-state index contributed by atoms with van der Waals surface area (Å²) in [6, 6.07) is 7.02. The van der Waals surface area contributed by atoms with E-state index in [1.54, 1.807) is 18.2 Å². The van der Waals surface area contributed by atoms with Gasteiger partial charge in [-0.3, -0.25) is 9.59 Å². The van der Waals surface area contributed by atoms with E-state index in [9.17, 15) is 14.7 Å². The minimum Gasteiger partial charge on any atom is -0.481 e. The predicted octanol–water partition coefficient (Wildman–Crippen LogP) is 0.708. The number of anilines is 1. The lowest BCUT2D eigenvalue weighted by molar-refractivity contribution is -0.141. The molecule has 0 saturated heterocycles. The summed E-state index contributed by atoms with van der Waals surface area (Å²) in [6.45, 7) is 1.25. The van der Waals surface area contributed by atoms with Crippen molar-refractivity contribution in [1.29, 1.82) is 0 Å². The Morgan fingerprint density at radius 3 is 2.55 bits per heavy atom. The van der Waals surface area contributed by atoms with E-state index in [2.05, 4.69) is 5.32 Å². The van der Waals surface area contributed by atoms with E-state index in [-0.39, 0.29) is 12.5 Å². The number of carboxylic acid groups (broad SMARTS) is 1. The molecule has 0 aliphatic carbocycles. The normalized spacial score (nSPS) is 13.4. The third kappa shape index (κ3) is 4.89. The molecule has 1 aromatic rings. The van der Waals surface area contributed by atoms with Crippen molar-refractivity contribution in [2.45, 2.75) is 18.9 Å². The van der Waals surface area contributed by atoms with Crippen LogP contribution in [-0.2, 0) is 4.79 Å². The Morgan fingerprint density at radius 2 is 2.00 bits per heavy atom. The molecule has 0 aliphatic heterocycles. The van der Waals surface area contributed by atoms with Crippen molar-refractivity contribution in [1.82, 2.24) is 5.32 Å². The molecule has 6 nitrogen and oxygen atoms in total. The summed E-state index contributed by atoms with van der Waals surface area (Å²) in [5, 5.41) is 21.0. The van der Waals surface area contributed by atoms with Crippen molar-refractivity contribution in [3.8, 4) is 0 Å². The highest BCUT2D eigenvalue weighted by Gasteiger charge is 2.25. The number of hydrogen-bond acceptors (Lipinski definition) is 4. The second-order valence-corrected chi connectivity index (χ2v) is 5.19. The summed E-state index contributed by atoms with van der Waals surface area (Å²) < 4.78 is 0. The Hall–Kier alpha value is -2.08. The number of amides is 1. The van der Waals surface area contributed by atoms with Gasteiger partial charge in [-0.15, -0.1) is 0 Å². The van der Waals surface area contributed by atoms with E-state index in [1.165, 1.54) is 6.92 Å². The first kappa shape index (κ1) is 16.0. The second kappa shape index (κ2) is 6.38. The Kier molecular flexibility index (Phi) is 5.10. The van der Waals surface area contributed by atoms with Crippen LogP contribution >= 0.6 is 0 Å². The molecule has 0 aromatic heterocycles. The number of carbonyl (C=O) groups excluding carboxylic acids is 1. The van der Waals surface area contributed by atoms with Crippen LogP contribution < -0.4 is 10.2 Å². The first-order chi connectivity index (χ1) is 9.21. The number of nitrogens with one attached hydrogen (secondary N) is 1. The van der Waals surface area contributed by atoms with Gasteiger partial charge in [0.15, 0.2) is 0 Å². The van der Waals surface area contributed by atoms with E-state index < -0.39 is 18.0 Å². The molecule has 20 heavy (non-hydrogen) atoms. The topological polar surface area (TPSA) is 89.9 Å². The van der Waals surface area contributed by atoms with E-state index in [0.717, 1.165) is 5.69 Å². The van der Waals surface area contributed by atoms with Crippen LogP contribution in [0.4, 0.5) is 5.69 Å². The molecule has 0 saturated carbocycles. The van der Waals surface area contributed by atoms with Gasteiger partial charge in [0.05, 0.1) is 12.0 Å². The van der Waals surface area contributed by atoms with Crippen LogP contribution in [0, 0.1) is 0 Å². The minimum absolute atomic E-state index is 0.121. The summed E-state index contributed by atoms with van der Waals surface area (Å²) in [5.74, 6) is -1.46. The van der Waals surface area contributed by atoms with Crippen LogP contribution in [0.3, 0.4) is 0 Å². The average Bonchev–Trinajstić information content (AvgIpc) is 2.34. The molecule has 0 spiro atoms. The van der Waals surface area contributed by atoms with Crippen molar-refractivity contribution in [3.63, 3.8) is 0 Å². The number of rotatable bonds is 6. The number of nitrogens with zero attached hydrogens (tertiary/aromatic N) is 1. The first-order valence-corrected chi connectivity index (χ1v) is 6.21. The van der Waals surface area contributed by atoms with E-state index in [0.29, 0.717) is 5.56 Å². The Bertz CT molecular complexity index is 498. The Labute approximate surface area is 118 Å². The van der Waals surface area contributed by atoms with Crippen LogP contribution in [-0.4, -0.2) is 48.3 Å². The number of aliphatic carboxylic acids is 1. The molecule has 1 atom stereocenters. The molecule has 0 bridgehead atoms. The highest BCUT2D eigenvalue weighted by atomic mass is 16.4. The predicted molar refractivity (Wildman–Crippen MR) is 76.0 cm³/mol. The number of carboxylic acids is 1. The van der Waals surface area contributed by atoms with Crippen molar-refractivity contribution < 1.29 is 19.8 Å². The summed E-state index contributed by atoms with van der Waals surface area (Å²) in [5.41, 5.74) is -0.127. The minimum atomic E-state index is -1.47. The largest absolute Gasteiger partial charge is 0.481 e. The molecule has 0 heterocycles. The fourth-order valence-electron chi connectivity index (χ4n) is 1.69. The molecular formula is C14H20N2O4.